The van der Waals surface area contributed by atoms with Gasteiger partial charge in [-0.15, -0.1) is 6.58 Å². The molecule has 5 heteroatoms. The van der Waals surface area contributed by atoms with Crippen LogP contribution in [0.15, 0.2) is 46.3 Å². The van der Waals surface area contributed by atoms with Gasteiger partial charge in [-0.2, -0.15) is 4.31 Å². The molecular formula is C12H14BrNO2S. The molecule has 1 aliphatic carbocycles. The van der Waals surface area contributed by atoms with E-state index in [-0.39, 0.29) is 6.04 Å². The third kappa shape index (κ3) is 2.61. The predicted octanol–water partition coefficient (Wildman–Crippen LogP) is 2.79. The summed E-state index contributed by atoms with van der Waals surface area (Å²) in [5, 5.41) is 0. The molecule has 0 aliphatic heterocycles. The summed E-state index contributed by atoms with van der Waals surface area (Å²) >= 11 is 3.29. The molecule has 0 unspecified atom stereocenters. The van der Waals surface area contributed by atoms with Crippen LogP contribution in [0.4, 0.5) is 0 Å². The summed E-state index contributed by atoms with van der Waals surface area (Å²) in [5.41, 5.74) is 0. The lowest BCUT2D eigenvalue weighted by molar-refractivity contribution is 0.435. The number of hydrogen-bond donors (Lipinski definition) is 0. The maximum absolute atomic E-state index is 12.5. The fraction of sp³-hybridized carbons (Fsp3) is 0.333. The zero-order valence-corrected chi connectivity index (χ0v) is 11.7. The van der Waals surface area contributed by atoms with Gasteiger partial charge < -0.3 is 0 Å². The molecular weight excluding hydrogens is 302 g/mol. The second kappa shape index (κ2) is 4.92. The van der Waals surface area contributed by atoms with Crippen LogP contribution in [0.1, 0.15) is 12.8 Å². The van der Waals surface area contributed by atoms with E-state index in [0.717, 1.165) is 12.8 Å². The topological polar surface area (TPSA) is 37.4 Å². The number of rotatable bonds is 5. The lowest BCUT2D eigenvalue weighted by atomic mass is 10.4. The number of benzene rings is 1. The third-order valence-corrected chi connectivity index (χ3v) is 5.62. The maximum atomic E-state index is 12.5. The minimum Gasteiger partial charge on any atom is -0.207 e. The number of sulfonamides is 1. The Hall–Kier alpha value is -0.650. The molecule has 1 fully saturated rings. The van der Waals surface area contributed by atoms with E-state index in [0.29, 0.717) is 15.9 Å². The first-order valence-electron chi connectivity index (χ1n) is 5.44. The van der Waals surface area contributed by atoms with Gasteiger partial charge >= 0.3 is 0 Å². The summed E-state index contributed by atoms with van der Waals surface area (Å²) in [4.78, 5) is 0.328. The van der Waals surface area contributed by atoms with E-state index >= 15 is 0 Å². The highest BCUT2D eigenvalue weighted by atomic mass is 79.9. The summed E-state index contributed by atoms with van der Waals surface area (Å²) in [6.07, 6.45) is 3.52. The standard InChI is InChI=1S/C12H14BrNO2S/c1-2-9-14(10-7-8-10)17(15,16)12-6-4-3-5-11(12)13/h2-6,10H,1,7-9H2. The Morgan fingerprint density at radius 3 is 2.59 bits per heavy atom. The van der Waals surface area contributed by atoms with Crippen LogP contribution in [0.2, 0.25) is 0 Å². The van der Waals surface area contributed by atoms with Gasteiger partial charge in [0.05, 0.1) is 4.90 Å². The van der Waals surface area contributed by atoms with Crippen molar-refractivity contribution in [2.24, 2.45) is 0 Å². The first kappa shape index (κ1) is 12.8. The van der Waals surface area contributed by atoms with Crippen molar-refractivity contribution in [3.05, 3.63) is 41.4 Å². The molecule has 1 aromatic rings. The molecule has 0 amide bonds. The molecule has 0 aromatic heterocycles. The smallest absolute Gasteiger partial charge is 0.207 e. The fourth-order valence-corrected chi connectivity index (χ4v) is 4.33. The van der Waals surface area contributed by atoms with Crippen molar-refractivity contribution in [1.29, 1.82) is 0 Å². The van der Waals surface area contributed by atoms with Gasteiger partial charge in [0.15, 0.2) is 0 Å². The van der Waals surface area contributed by atoms with Gasteiger partial charge in [0, 0.05) is 17.1 Å². The minimum absolute atomic E-state index is 0.144. The minimum atomic E-state index is -3.42. The molecule has 1 saturated carbocycles. The van der Waals surface area contributed by atoms with Crippen LogP contribution in [-0.4, -0.2) is 25.3 Å². The van der Waals surface area contributed by atoms with Crippen molar-refractivity contribution in [3.63, 3.8) is 0 Å². The van der Waals surface area contributed by atoms with Crippen molar-refractivity contribution in [3.8, 4) is 0 Å². The summed E-state index contributed by atoms with van der Waals surface area (Å²) in [7, 11) is -3.42. The molecule has 0 bridgehead atoms. The second-order valence-electron chi connectivity index (χ2n) is 4.02. The molecule has 0 N–H and O–H groups in total. The van der Waals surface area contributed by atoms with Gasteiger partial charge in [-0.1, -0.05) is 18.2 Å². The Bertz CT molecular complexity index is 523. The summed E-state index contributed by atoms with van der Waals surface area (Å²) in [6, 6.07) is 7.04. The molecule has 0 saturated heterocycles. The molecule has 1 aliphatic rings. The molecule has 92 valence electrons. The molecule has 0 heterocycles. The number of nitrogens with zero attached hydrogens (tertiary/aromatic N) is 1. The average molecular weight is 316 g/mol. The Morgan fingerprint density at radius 2 is 2.06 bits per heavy atom. The number of halogens is 1. The number of hydrogen-bond acceptors (Lipinski definition) is 2. The average Bonchev–Trinajstić information content (AvgIpc) is 3.10. The SMILES string of the molecule is C=CCN(C1CC1)S(=O)(=O)c1ccccc1Br. The quantitative estimate of drug-likeness (QED) is 0.783. The molecule has 1 aromatic carbocycles. The van der Waals surface area contributed by atoms with Crippen LogP contribution < -0.4 is 0 Å². The van der Waals surface area contributed by atoms with Gasteiger partial charge in [0.1, 0.15) is 0 Å². The van der Waals surface area contributed by atoms with Crippen molar-refractivity contribution in [1.82, 2.24) is 4.31 Å². The maximum Gasteiger partial charge on any atom is 0.244 e. The normalized spacial score (nSPS) is 16.1. The first-order valence-corrected chi connectivity index (χ1v) is 7.68. The highest BCUT2D eigenvalue weighted by Gasteiger charge is 2.37. The molecule has 3 nitrogen and oxygen atoms in total. The predicted molar refractivity (Wildman–Crippen MR) is 71.3 cm³/mol. The van der Waals surface area contributed by atoms with Crippen molar-refractivity contribution in [2.75, 3.05) is 6.54 Å². The molecule has 0 atom stereocenters. The van der Waals surface area contributed by atoms with E-state index < -0.39 is 10.0 Å². The molecule has 2 rings (SSSR count). The summed E-state index contributed by atoms with van der Waals surface area (Å²) < 4.78 is 27.1. The van der Waals surface area contributed by atoms with Crippen molar-refractivity contribution in [2.45, 2.75) is 23.8 Å². The molecule has 0 radical (unpaired) electrons. The van der Waals surface area contributed by atoms with Crippen LogP contribution in [0.25, 0.3) is 0 Å². The van der Waals surface area contributed by atoms with E-state index in [4.69, 9.17) is 0 Å². The van der Waals surface area contributed by atoms with Gasteiger partial charge in [-0.3, -0.25) is 0 Å². The highest BCUT2D eigenvalue weighted by Crippen LogP contribution is 2.33. The Labute approximate surface area is 110 Å². The largest absolute Gasteiger partial charge is 0.244 e. The van der Waals surface area contributed by atoms with E-state index in [1.807, 2.05) is 0 Å². The zero-order chi connectivity index (χ0) is 12.5. The first-order chi connectivity index (χ1) is 8.07. The van der Waals surface area contributed by atoms with Crippen molar-refractivity contribution >= 4 is 26.0 Å². The van der Waals surface area contributed by atoms with E-state index in [2.05, 4.69) is 22.5 Å². The highest BCUT2D eigenvalue weighted by molar-refractivity contribution is 9.10. The lowest BCUT2D eigenvalue weighted by Gasteiger charge is -2.20. The zero-order valence-electron chi connectivity index (χ0n) is 9.34. The van der Waals surface area contributed by atoms with Gasteiger partial charge in [-0.05, 0) is 40.9 Å². The lowest BCUT2D eigenvalue weighted by Crippen LogP contribution is -2.33. The molecule has 17 heavy (non-hydrogen) atoms. The van der Waals surface area contributed by atoms with E-state index in [9.17, 15) is 8.42 Å². The fourth-order valence-electron chi connectivity index (χ4n) is 1.71. The van der Waals surface area contributed by atoms with Crippen LogP contribution in [0, 0.1) is 0 Å². The molecule has 0 spiro atoms. The van der Waals surface area contributed by atoms with Crippen LogP contribution in [0.3, 0.4) is 0 Å². The second-order valence-corrected chi connectivity index (χ2v) is 6.74. The van der Waals surface area contributed by atoms with Crippen LogP contribution in [-0.2, 0) is 10.0 Å². The van der Waals surface area contributed by atoms with Crippen molar-refractivity contribution < 1.29 is 8.42 Å². The van der Waals surface area contributed by atoms with E-state index in [1.54, 1.807) is 30.3 Å². The summed E-state index contributed by atoms with van der Waals surface area (Å²) in [6.45, 7) is 3.99. The van der Waals surface area contributed by atoms with Crippen LogP contribution in [0.5, 0.6) is 0 Å². The monoisotopic (exact) mass is 315 g/mol. The summed E-state index contributed by atoms with van der Waals surface area (Å²) in [5.74, 6) is 0. The van der Waals surface area contributed by atoms with Gasteiger partial charge in [0.25, 0.3) is 0 Å². The van der Waals surface area contributed by atoms with E-state index in [1.165, 1.54) is 4.31 Å². The Morgan fingerprint density at radius 1 is 1.41 bits per heavy atom. The van der Waals surface area contributed by atoms with Gasteiger partial charge in [0.2, 0.25) is 10.0 Å². The van der Waals surface area contributed by atoms with Gasteiger partial charge in [-0.25, -0.2) is 8.42 Å². The van der Waals surface area contributed by atoms with Crippen LogP contribution >= 0.6 is 15.9 Å². The Balaban J connectivity index is 2.40. The third-order valence-electron chi connectivity index (χ3n) is 2.69. The Kier molecular flexibility index (Phi) is 3.70.